The lowest BCUT2D eigenvalue weighted by Crippen LogP contribution is -2.64. The predicted octanol–water partition coefficient (Wildman–Crippen LogP) is 9.48. The van der Waals surface area contributed by atoms with Crippen molar-refractivity contribution in [1.29, 1.82) is 0 Å². The number of methoxy groups -OCH3 is 1. The predicted molar refractivity (Wildman–Crippen MR) is 231 cm³/mol. The van der Waals surface area contributed by atoms with Gasteiger partial charge in [0.25, 0.3) is 0 Å². The molecule has 1 aliphatic heterocycles. The number of amides is 1. The van der Waals surface area contributed by atoms with Crippen LogP contribution in [0.25, 0.3) is 0 Å². The second-order valence-corrected chi connectivity index (χ2v) is 17.7. The number of aliphatic hydroxyl groups is 2. The number of carbonyl (C=O) groups is 2. The van der Waals surface area contributed by atoms with Crippen molar-refractivity contribution in [3.63, 3.8) is 0 Å². The van der Waals surface area contributed by atoms with Crippen LogP contribution in [0.15, 0.2) is 95.0 Å². The van der Waals surface area contributed by atoms with Crippen LogP contribution in [0.1, 0.15) is 94.5 Å². The Balaban J connectivity index is 1.55. The summed E-state index contributed by atoms with van der Waals surface area (Å²) in [5.41, 5.74) is 3.38. The van der Waals surface area contributed by atoms with Gasteiger partial charge in [0.15, 0.2) is 6.29 Å². The normalized spacial score (nSPS) is 23.9. The molecular formula is C47H58N2O9S. The number of carbonyl (C=O) groups excluding carboxylic acids is 2. The fourth-order valence-corrected chi connectivity index (χ4v) is 9.96. The summed E-state index contributed by atoms with van der Waals surface area (Å²) in [4.78, 5) is 30.9. The van der Waals surface area contributed by atoms with E-state index < -0.39 is 11.4 Å². The minimum atomic E-state index is -1.18. The zero-order valence-corrected chi connectivity index (χ0v) is 35.6. The zero-order chi connectivity index (χ0) is 42.2. The van der Waals surface area contributed by atoms with Crippen LogP contribution in [0.5, 0.6) is 23.0 Å². The molecule has 6 atom stereocenters. The van der Waals surface area contributed by atoms with Gasteiger partial charge in [-0.1, -0.05) is 30.1 Å². The molecule has 1 heterocycles. The molecule has 6 rings (SSSR count). The molecule has 1 saturated carbocycles. The standard InChI is InChI=1S/C47H58N2O9S/c1-7-24-55-47-43(59-36-18-14-33(15-19-36)48-30(2)53)28-40(49-58-46(3,4)5)38-26-31(12-8-10-22-50)37(13-9-11-23-51)44(45(38)47)39-27-35(17-21-42(39)57-47)56-34-16-20-41(54-6)32(25-34)29-52/h7,14-21,25-27,29,31,37,43-45,50-51H,1,8-13,22-24,28H2,2-6H3,(H,48,53). The van der Waals surface area contributed by atoms with Crippen molar-refractivity contribution in [2.24, 2.45) is 22.9 Å². The van der Waals surface area contributed by atoms with Gasteiger partial charge in [0.2, 0.25) is 11.7 Å². The molecule has 0 spiro atoms. The number of allylic oxidation sites excluding steroid dienone is 1. The van der Waals surface area contributed by atoms with E-state index in [1.807, 2.05) is 57.2 Å². The second-order valence-electron chi connectivity index (χ2n) is 16.4. The van der Waals surface area contributed by atoms with E-state index in [4.69, 9.17) is 28.9 Å². The van der Waals surface area contributed by atoms with E-state index in [0.29, 0.717) is 53.5 Å². The Morgan fingerprint density at radius 2 is 1.73 bits per heavy atom. The van der Waals surface area contributed by atoms with Gasteiger partial charge in [-0.2, -0.15) is 0 Å². The molecule has 3 aromatic rings. The molecule has 0 saturated heterocycles. The third kappa shape index (κ3) is 10.2. The van der Waals surface area contributed by atoms with E-state index in [2.05, 4.69) is 24.0 Å². The van der Waals surface area contributed by atoms with Gasteiger partial charge >= 0.3 is 0 Å². The summed E-state index contributed by atoms with van der Waals surface area (Å²) >= 11 is 1.64. The molecular weight excluding hydrogens is 769 g/mol. The third-order valence-electron chi connectivity index (χ3n) is 11.1. The molecule has 6 unspecified atom stereocenters. The summed E-state index contributed by atoms with van der Waals surface area (Å²) in [6.45, 7) is 11.9. The number of aldehydes is 1. The second kappa shape index (κ2) is 19.6. The average Bonchev–Trinajstić information content (AvgIpc) is 3.21. The Bertz CT molecular complexity index is 2010. The van der Waals surface area contributed by atoms with Gasteiger partial charge in [-0.15, -0.1) is 18.3 Å². The van der Waals surface area contributed by atoms with E-state index in [0.717, 1.165) is 53.7 Å². The highest BCUT2D eigenvalue weighted by atomic mass is 32.2. The number of nitrogens with one attached hydrogen (secondary N) is 1. The lowest BCUT2D eigenvalue weighted by molar-refractivity contribution is -0.223. The average molecular weight is 827 g/mol. The van der Waals surface area contributed by atoms with Gasteiger partial charge in [0, 0.05) is 48.6 Å². The van der Waals surface area contributed by atoms with Gasteiger partial charge in [0.1, 0.15) is 28.6 Å². The molecule has 1 fully saturated rings. The maximum Gasteiger partial charge on any atom is 0.231 e. The molecule has 59 heavy (non-hydrogen) atoms. The number of thioether (sulfide) groups is 1. The quantitative estimate of drug-likeness (QED) is 0.0463. The van der Waals surface area contributed by atoms with E-state index in [-0.39, 0.29) is 54.6 Å². The molecule has 0 bridgehead atoms. The van der Waals surface area contributed by atoms with Crippen LogP contribution in [0.2, 0.25) is 0 Å². The molecule has 0 aromatic heterocycles. The number of benzene rings is 3. The highest BCUT2D eigenvalue weighted by Crippen LogP contribution is 2.63. The number of nitrogens with zero attached hydrogens (tertiary/aromatic N) is 1. The smallest absolute Gasteiger partial charge is 0.231 e. The Morgan fingerprint density at radius 3 is 2.39 bits per heavy atom. The van der Waals surface area contributed by atoms with Crippen molar-refractivity contribution in [2.75, 3.05) is 32.2 Å². The Kier molecular flexibility index (Phi) is 14.6. The molecule has 3 aromatic carbocycles. The number of hydrogen-bond acceptors (Lipinski definition) is 11. The lowest BCUT2D eigenvalue weighted by Gasteiger charge is -2.58. The fraction of sp³-hybridized carbons (Fsp3) is 0.468. The van der Waals surface area contributed by atoms with Gasteiger partial charge < -0.3 is 39.3 Å². The topological polar surface area (TPSA) is 145 Å². The van der Waals surface area contributed by atoms with Crippen LogP contribution in [0.4, 0.5) is 5.69 Å². The van der Waals surface area contributed by atoms with Crippen molar-refractivity contribution in [3.05, 3.63) is 96.1 Å². The molecule has 316 valence electrons. The first kappa shape index (κ1) is 43.9. The summed E-state index contributed by atoms with van der Waals surface area (Å²) in [7, 11) is 1.52. The number of aliphatic hydroxyl groups excluding tert-OH is 2. The summed E-state index contributed by atoms with van der Waals surface area (Å²) in [6, 6.07) is 18.8. The minimum Gasteiger partial charge on any atom is -0.496 e. The lowest BCUT2D eigenvalue weighted by atomic mass is 9.56. The third-order valence-corrected chi connectivity index (χ3v) is 12.4. The first-order chi connectivity index (χ1) is 28.4. The number of rotatable bonds is 19. The maximum atomic E-state index is 11.9. The molecule has 0 radical (unpaired) electrons. The Morgan fingerprint density at radius 1 is 1.02 bits per heavy atom. The summed E-state index contributed by atoms with van der Waals surface area (Å²) in [6.07, 6.45) is 10.1. The van der Waals surface area contributed by atoms with Crippen LogP contribution in [-0.2, 0) is 14.4 Å². The van der Waals surface area contributed by atoms with Gasteiger partial charge in [-0.3, -0.25) is 9.59 Å². The Labute approximate surface area is 352 Å². The van der Waals surface area contributed by atoms with Crippen molar-refractivity contribution in [2.45, 2.75) is 100 Å². The SMILES string of the molecule is C=CCOC12Oc3ccc(Oc4ccc(OC)c(C=O)c4)cc3C3C(CCCCO)C(CCCCO)C=C(C(=NOC(C)(C)C)CC1Sc1ccc(NC(C)=O)cc1)C32. The molecule has 12 heteroatoms. The van der Waals surface area contributed by atoms with Gasteiger partial charge in [0.05, 0.1) is 36.2 Å². The molecule has 1 amide bonds. The van der Waals surface area contributed by atoms with Gasteiger partial charge in [-0.25, -0.2) is 0 Å². The molecule has 11 nitrogen and oxygen atoms in total. The number of anilines is 1. The van der Waals surface area contributed by atoms with E-state index in [9.17, 15) is 19.8 Å². The number of oxime groups is 1. The fourth-order valence-electron chi connectivity index (χ4n) is 8.67. The van der Waals surface area contributed by atoms with Crippen molar-refractivity contribution in [1.82, 2.24) is 0 Å². The maximum absolute atomic E-state index is 11.9. The van der Waals surface area contributed by atoms with E-state index in [1.165, 1.54) is 14.0 Å². The summed E-state index contributed by atoms with van der Waals surface area (Å²) in [5, 5.41) is 27.3. The van der Waals surface area contributed by atoms with Crippen LogP contribution in [0, 0.1) is 17.8 Å². The van der Waals surface area contributed by atoms with Crippen molar-refractivity contribution in [3.8, 4) is 23.0 Å². The first-order valence-corrected chi connectivity index (χ1v) is 21.4. The van der Waals surface area contributed by atoms with Crippen LogP contribution in [-0.4, -0.2) is 71.7 Å². The summed E-state index contributed by atoms with van der Waals surface area (Å²) < 4.78 is 26.2. The molecule has 3 aliphatic rings. The summed E-state index contributed by atoms with van der Waals surface area (Å²) in [5.74, 6) is 0.643. The van der Waals surface area contributed by atoms with Gasteiger partial charge in [-0.05, 0) is 125 Å². The highest BCUT2D eigenvalue weighted by Gasteiger charge is 2.64. The minimum absolute atomic E-state index is 0.103. The molecule has 2 aliphatic carbocycles. The van der Waals surface area contributed by atoms with E-state index in [1.54, 1.807) is 36.0 Å². The zero-order valence-electron chi connectivity index (χ0n) is 34.8. The largest absolute Gasteiger partial charge is 0.496 e. The van der Waals surface area contributed by atoms with Crippen LogP contribution in [0.3, 0.4) is 0 Å². The number of unbranched alkanes of at least 4 members (excludes halogenated alkanes) is 2. The molecule has 3 N–H and O–H groups in total. The van der Waals surface area contributed by atoms with Crippen LogP contribution >= 0.6 is 11.8 Å². The highest BCUT2D eigenvalue weighted by molar-refractivity contribution is 8.00. The van der Waals surface area contributed by atoms with Crippen LogP contribution < -0.4 is 19.5 Å². The Hall–Kier alpha value is -4.62. The number of ether oxygens (including phenoxy) is 4. The number of fused-ring (bicyclic) bond motifs is 2. The van der Waals surface area contributed by atoms with Crippen molar-refractivity contribution < 1.29 is 43.6 Å². The monoisotopic (exact) mass is 826 g/mol. The first-order valence-electron chi connectivity index (χ1n) is 20.6. The number of hydrogen-bond donors (Lipinski definition) is 3. The van der Waals surface area contributed by atoms with E-state index >= 15 is 0 Å². The van der Waals surface area contributed by atoms with Crippen molar-refractivity contribution >= 4 is 35.4 Å².